The van der Waals surface area contributed by atoms with Gasteiger partial charge in [-0.2, -0.15) is 11.3 Å². The first kappa shape index (κ1) is 14.7. The Balaban J connectivity index is 1.75. The van der Waals surface area contributed by atoms with Gasteiger partial charge in [0.1, 0.15) is 6.33 Å². The fraction of sp³-hybridized carbons (Fsp3) is 0.429. The number of nitrogens with two attached hydrogens (primary N) is 1. The first-order valence-electron chi connectivity index (χ1n) is 7.09. The predicted octanol–water partition coefficient (Wildman–Crippen LogP) is 1.22. The Labute approximate surface area is 131 Å². The third-order valence-corrected chi connectivity index (χ3v) is 4.73. The molecule has 0 aromatic carbocycles. The average molecular weight is 319 g/mol. The second-order valence-electron chi connectivity index (χ2n) is 5.43. The van der Waals surface area contributed by atoms with Crippen LogP contribution in [0, 0.1) is 6.92 Å². The lowest BCUT2D eigenvalue weighted by atomic mass is 10.0. The smallest absolute Gasteiger partial charge is 0.288 e. The van der Waals surface area contributed by atoms with E-state index in [0.717, 1.165) is 30.5 Å². The maximum absolute atomic E-state index is 12.6. The van der Waals surface area contributed by atoms with Gasteiger partial charge in [0.2, 0.25) is 5.82 Å². The van der Waals surface area contributed by atoms with Crippen LogP contribution in [-0.2, 0) is 0 Å². The van der Waals surface area contributed by atoms with Crippen LogP contribution in [0.4, 0.5) is 0 Å². The average Bonchev–Trinajstić information content (AvgIpc) is 3.15. The summed E-state index contributed by atoms with van der Waals surface area (Å²) < 4.78 is 1.64. The maximum atomic E-state index is 12.6. The molecule has 1 atom stereocenters. The van der Waals surface area contributed by atoms with Crippen molar-refractivity contribution in [2.45, 2.75) is 25.8 Å². The van der Waals surface area contributed by atoms with E-state index in [2.05, 4.69) is 10.1 Å². The van der Waals surface area contributed by atoms with E-state index >= 15 is 0 Å². The van der Waals surface area contributed by atoms with Gasteiger partial charge in [-0.15, -0.1) is 5.10 Å². The first-order valence-corrected chi connectivity index (χ1v) is 8.03. The van der Waals surface area contributed by atoms with Crippen molar-refractivity contribution >= 4 is 23.2 Å². The fourth-order valence-corrected chi connectivity index (χ4v) is 3.49. The van der Waals surface area contributed by atoms with E-state index in [9.17, 15) is 9.59 Å². The molecule has 3 rings (SSSR count). The number of hydrogen-bond acceptors (Lipinski definition) is 5. The van der Waals surface area contributed by atoms with E-state index in [0.29, 0.717) is 6.54 Å². The maximum Gasteiger partial charge on any atom is 0.288 e. The molecule has 2 N–H and O–H groups in total. The quantitative estimate of drug-likeness (QED) is 0.920. The van der Waals surface area contributed by atoms with Crippen molar-refractivity contribution in [2.75, 3.05) is 13.1 Å². The van der Waals surface area contributed by atoms with Gasteiger partial charge in [-0.1, -0.05) is 0 Å². The molecule has 0 unspecified atom stereocenters. The normalized spacial score (nSPS) is 18.4. The second-order valence-corrected chi connectivity index (χ2v) is 6.17. The molecular weight excluding hydrogens is 302 g/mol. The highest BCUT2D eigenvalue weighted by molar-refractivity contribution is 7.08. The summed E-state index contributed by atoms with van der Waals surface area (Å²) in [5.74, 6) is -0.577. The van der Waals surface area contributed by atoms with Gasteiger partial charge in [0.15, 0.2) is 0 Å². The van der Waals surface area contributed by atoms with Gasteiger partial charge < -0.3 is 10.6 Å². The standard InChI is InChI=1S/C14H17N5O2S/c1-9-6-22-7-11(9)14(21)18-4-2-3-10(5-18)19-8-16-13(17-19)12(15)20/h6-8,10H,2-5H2,1H3,(H2,15,20)/t10-/m0/s1. The number of primary amides is 1. The van der Waals surface area contributed by atoms with E-state index in [-0.39, 0.29) is 17.8 Å². The van der Waals surface area contributed by atoms with Gasteiger partial charge in [-0.3, -0.25) is 9.59 Å². The number of hydrogen-bond donors (Lipinski definition) is 1. The fourth-order valence-electron chi connectivity index (χ4n) is 2.67. The molecular formula is C14H17N5O2S. The molecule has 1 fully saturated rings. The second kappa shape index (κ2) is 5.88. The molecule has 1 aliphatic heterocycles. The first-order chi connectivity index (χ1) is 10.6. The summed E-state index contributed by atoms with van der Waals surface area (Å²) in [6.45, 7) is 3.25. The molecule has 3 heterocycles. The van der Waals surface area contributed by atoms with Gasteiger partial charge in [-0.25, -0.2) is 9.67 Å². The lowest BCUT2D eigenvalue weighted by molar-refractivity contribution is 0.0671. The minimum atomic E-state index is -0.642. The molecule has 1 saturated heterocycles. The topological polar surface area (TPSA) is 94.1 Å². The number of carbonyl (C=O) groups is 2. The summed E-state index contributed by atoms with van der Waals surface area (Å²) in [6.07, 6.45) is 3.30. The highest BCUT2D eigenvalue weighted by Gasteiger charge is 2.27. The zero-order valence-corrected chi connectivity index (χ0v) is 13.0. The molecule has 0 bridgehead atoms. The van der Waals surface area contributed by atoms with Gasteiger partial charge in [0, 0.05) is 18.5 Å². The number of piperidine rings is 1. The monoisotopic (exact) mass is 319 g/mol. The Hall–Kier alpha value is -2.22. The molecule has 8 heteroatoms. The van der Waals surface area contributed by atoms with Gasteiger partial charge in [-0.05, 0) is 30.7 Å². The Morgan fingerprint density at radius 3 is 2.86 bits per heavy atom. The number of aryl methyl sites for hydroxylation is 1. The van der Waals surface area contributed by atoms with Crippen molar-refractivity contribution in [3.63, 3.8) is 0 Å². The third kappa shape index (κ3) is 2.74. The summed E-state index contributed by atoms with van der Waals surface area (Å²) in [5, 5.41) is 7.97. The van der Waals surface area contributed by atoms with Crippen molar-refractivity contribution in [1.29, 1.82) is 0 Å². The summed E-state index contributed by atoms with van der Waals surface area (Å²) in [6, 6.07) is 0.0252. The molecule has 2 amide bonds. The summed E-state index contributed by atoms with van der Waals surface area (Å²) in [7, 11) is 0. The van der Waals surface area contributed by atoms with Crippen LogP contribution in [0.5, 0.6) is 0 Å². The van der Waals surface area contributed by atoms with E-state index in [1.807, 2.05) is 22.6 Å². The van der Waals surface area contributed by atoms with Gasteiger partial charge in [0.05, 0.1) is 11.6 Å². The van der Waals surface area contributed by atoms with Crippen molar-refractivity contribution in [3.05, 3.63) is 34.0 Å². The van der Waals surface area contributed by atoms with Crippen molar-refractivity contribution in [1.82, 2.24) is 19.7 Å². The van der Waals surface area contributed by atoms with Crippen LogP contribution in [0.2, 0.25) is 0 Å². The van der Waals surface area contributed by atoms with Crippen LogP contribution in [0.15, 0.2) is 17.1 Å². The largest absolute Gasteiger partial charge is 0.363 e. The molecule has 0 spiro atoms. The molecule has 0 aliphatic carbocycles. The van der Waals surface area contributed by atoms with Crippen molar-refractivity contribution < 1.29 is 9.59 Å². The van der Waals surface area contributed by atoms with Crippen LogP contribution < -0.4 is 5.73 Å². The summed E-state index contributed by atoms with van der Waals surface area (Å²) >= 11 is 1.54. The van der Waals surface area contributed by atoms with Crippen LogP contribution in [0.25, 0.3) is 0 Å². The molecule has 1 aliphatic rings. The third-order valence-electron chi connectivity index (χ3n) is 3.87. The Bertz CT molecular complexity index is 708. The molecule has 2 aromatic heterocycles. The van der Waals surface area contributed by atoms with Crippen LogP contribution in [0.1, 0.15) is 45.4 Å². The number of thiophene rings is 1. The number of carbonyl (C=O) groups excluding carboxylic acids is 2. The predicted molar refractivity (Wildman–Crippen MR) is 81.8 cm³/mol. The van der Waals surface area contributed by atoms with Crippen LogP contribution in [-0.4, -0.2) is 44.6 Å². The minimum Gasteiger partial charge on any atom is -0.363 e. The zero-order chi connectivity index (χ0) is 15.7. The van der Waals surface area contributed by atoms with Crippen molar-refractivity contribution in [3.8, 4) is 0 Å². The highest BCUT2D eigenvalue weighted by atomic mass is 32.1. The Morgan fingerprint density at radius 1 is 1.41 bits per heavy atom. The van der Waals surface area contributed by atoms with Crippen LogP contribution >= 0.6 is 11.3 Å². The SMILES string of the molecule is Cc1cscc1C(=O)N1CCC[C@H](n2cnc(C(N)=O)n2)C1. The van der Waals surface area contributed by atoms with Crippen molar-refractivity contribution in [2.24, 2.45) is 5.73 Å². The number of nitrogens with zero attached hydrogens (tertiary/aromatic N) is 4. The molecule has 116 valence electrons. The number of likely N-dealkylation sites (tertiary alicyclic amines) is 1. The molecule has 0 saturated carbocycles. The molecule has 0 radical (unpaired) electrons. The Morgan fingerprint density at radius 2 is 2.23 bits per heavy atom. The Kier molecular flexibility index (Phi) is 3.93. The molecule has 22 heavy (non-hydrogen) atoms. The minimum absolute atomic E-state index is 0.0112. The van der Waals surface area contributed by atoms with E-state index in [4.69, 9.17) is 5.73 Å². The lowest BCUT2D eigenvalue weighted by Gasteiger charge is -2.32. The summed E-state index contributed by atoms with van der Waals surface area (Å²) in [4.78, 5) is 29.4. The molecule has 7 nitrogen and oxygen atoms in total. The van der Waals surface area contributed by atoms with E-state index in [1.54, 1.807) is 4.68 Å². The summed E-state index contributed by atoms with van der Waals surface area (Å²) in [5.41, 5.74) is 6.95. The molecule has 2 aromatic rings. The highest BCUT2D eigenvalue weighted by Crippen LogP contribution is 2.24. The number of rotatable bonds is 3. The van der Waals surface area contributed by atoms with Gasteiger partial charge in [0.25, 0.3) is 11.8 Å². The van der Waals surface area contributed by atoms with Crippen LogP contribution in [0.3, 0.4) is 0 Å². The zero-order valence-electron chi connectivity index (χ0n) is 12.2. The number of aromatic nitrogens is 3. The van der Waals surface area contributed by atoms with E-state index < -0.39 is 5.91 Å². The number of amides is 2. The van der Waals surface area contributed by atoms with Gasteiger partial charge >= 0.3 is 0 Å². The lowest BCUT2D eigenvalue weighted by Crippen LogP contribution is -2.41. The van der Waals surface area contributed by atoms with E-state index in [1.165, 1.54) is 17.7 Å².